The minimum Gasteiger partial charge on any atom is -0.481 e. The first-order chi connectivity index (χ1) is 9.90. The van der Waals surface area contributed by atoms with Gasteiger partial charge in [-0.05, 0) is 55.6 Å². The topological polar surface area (TPSA) is 37.3 Å². The van der Waals surface area contributed by atoms with Gasteiger partial charge in [-0.25, -0.2) is 4.39 Å². The van der Waals surface area contributed by atoms with E-state index in [9.17, 15) is 14.3 Å². The van der Waals surface area contributed by atoms with Crippen LogP contribution in [0.3, 0.4) is 0 Å². The molecule has 2 nitrogen and oxygen atoms in total. The Bertz CT molecular complexity index is 495. The molecule has 0 amide bonds. The largest absolute Gasteiger partial charge is 0.481 e. The summed E-state index contributed by atoms with van der Waals surface area (Å²) < 4.78 is 14.0. The van der Waals surface area contributed by atoms with E-state index >= 15 is 0 Å². The summed E-state index contributed by atoms with van der Waals surface area (Å²) in [7, 11) is 0. The van der Waals surface area contributed by atoms with Crippen molar-refractivity contribution in [3.63, 3.8) is 0 Å². The monoisotopic (exact) mass is 312 g/mol. The molecule has 116 valence electrons. The van der Waals surface area contributed by atoms with Crippen LogP contribution in [-0.4, -0.2) is 11.1 Å². The maximum atomic E-state index is 14.0. The molecule has 1 fully saturated rings. The molecule has 3 unspecified atom stereocenters. The van der Waals surface area contributed by atoms with Crippen molar-refractivity contribution in [2.75, 3.05) is 0 Å². The predicted molar refractivity (Wildman–Crippen MR) is 81.9 cm³/mol. The molecule has 1 aromatic rings. The highest BCUT2D eigenvalue weighted by molar-refractivity contribution is 6.31. The van der Waals surface area contributed by atoms with Crippen molar-refractivity contribution in [1.82, 2.24) is 0 Å². The maximum absolute atomic E-state index is 14.0. The van der Waals surface area contributed by atoms with Crippen LogP contribution in [0.2, 0.25) is 5.02 Å². The summed E-state index contributed by atoms with van der Waals surface area (Å²) in [6.07, 6.45) is 2.86. The zero-order chi connectivity index (χ0) is 15.6. The number of carbonyl (C=O) groups is 1. The molecule has 1 aromatic carbocycles. The number of carboxylic acids is 1. The first-order valence-corrected chi connectivity index (χ1v) is 7.93. The Morgan fingerprint density at radius 3 is 2.71 bits per heavy atom. The third kappa shape index (κ3) is 3.76. The van der Waals surface area contributed by atoms with E-state index in [1.54, 1.807) is 12.1 Å². The standard InChI is InChI=1S/C17H22ClFO2/c1-10(2)11-6-7-13(17(20)21)12(8-11)9-14-15(18)4-3-5-16(14)19/h3-5,10-13H,6-9H2,1-2H3,(H,20,21). The van der Waals surface area contributed by atoms with Crippen LogP contribution in [-0.2, 0) is 11.2 Å². The Morgan fingerprint density at radius 2 is 2.14 bits per heavy atom. The minimum atomic E-state index is -0.769. The van der Waals surface area contributed by atoms with Gasteiger partial charge in [0.15, 0.2) is 0 Å². The smallest absolute Gasteiger partial charge is 0.306 e. The van der Waals surface area contributed by atoms with Crippen LogP contribution in [0.15, 0.2) is 18.2 Å². The molecule has 21 heavy (non-hydrogen) atoms. The van der Waals surface area contributed by atoms with Crippen molar-refractivity contribution in [1.29, 1.82) is 0 Å². The van der Waals surface area contributed by atoms with Gasteiger partial charge in [0.1, 0.15) is 5.82 Å². The van der Waals surface area contributed by atoms with Crippen molar-refractivity contribution < 1.29 is 14.3 Å². The lowest BCUT2D eigenvalue weighted by atomic mass is 9.69. The highest BCUT2D eigenvalue weighted by Crippen LogP contribution is 2.40. The van der Waals surface area contributed by atoms with Gasteiger partial charge in [-0.1, -0.05) is 31.5 Å². The Hall–Kier alpha value is -1.09. The van der Waals surface area contributed by atoms with E-state index in [1.165, 1.54) is 6.07 Å². The van der Waals surface area contributed by atoms with Gasteiger partial charge in [-0.2, -0.15) is 0 Å². The molecule has 3 atom stereocenters. The fourth-order valence-corrected chi connectivity index (χ4v) is 3.69. The van der Waals surface area contributed by atoms with E-state index in [4.69, 9.17) is 11.6 Å². The van der Waals surface area contributed by atoms with Crippen molar-refractivity contribution in [3.8, 4) is 0 Å². The summed E-state index contributed by atoms with van der Waals surface area (Å²) in [6.45, 7) is 4.33. The Balaban J connectivity index is 2.22. The van der Waals surface area contributed by atoms with Gasteiger partial charge in [-0.3, -0.25) is 4.79 Å². The first kappa shape index (κ1) is 16.3. The van der Waals surface area contributed by atoms with Crippen molar-refractivity contribution in [2.24, 2.45) is 23.7 Å². The summed E-state index contributed by atoms with van der Waals surface area (Å²) in [4.78, 5) is 11.5. The Morgan fingerprint density at radius 1 is 1.43 bits per heavy atom. The number of aliphatic carboxylic acids is 1. The molecule has 1 aliphatic rings. The molecule has 4 heteroatoms. The quantitative estimate of drug-likeness (QED) is 0.867. The first-order valence-electron chi connectivity index (χ1n) is 7.55. The molecule has 0 spiro atoms. The van der Waals surface area contributed by atoms with Gasteiger partial charge in [0.25, 0.3) is 0 Å². The summed E-state index contributed by atoms with van der Waals surface area (Å²) >= 11 is 6.09. The summed E-state index contributed by atoms with van der Waals surface area (Å²) in [6, 6.07) is 4.63. The molecule has 2 rings (SSSR count). The average molecular weight is 313 g/mol. The zero-order valence-electron chi connectivity index (χ0n) is 12.5. The lowest BCUT2D eigenvalue weighted by Gasteiger charge is -2.36. The second-order valence-corrected chi connectivity index (χ2v) is 6.83. The number of carboxylic acid groups (broad SMARTS) is 1. The van der Waals surface area contributed by atoms with Gasteiger partial charge in [-0.15, -0.1) is 0 Å². The average Bonchev–Trinajstić information content (AvgIpc) is 2.42. The van der Waals surface area contributed by atoms with Crippen LogP contribution in [0.4, 0.5) is 4.39 Å². The molecule has 1 saturated carbocycles. The normalized spacial score (nSPS) is 26.0. The second-order valence-electron chi connectivity index (χ2n) is 6.43. The third-order valence-corrected chi connectivity index (χ3v) is 5.17. The number of hydrogen-bond donors (Lipinski definition) is 1. The highest BCUT2D eigenvalue weighted by Gasteiger charge is 2.36. The van der Waals surface area contributed by atoms with E-state index in [0.29, 0.717) is 35.3 Å². The van der Waals surface area contributed by atoms with Gasteiger partial charge in [0, 0.05) is 10.6 Å². The number of rotatable bonds is 4. The van der Waals surface area contributed by atoms with Crippen molar-refractivity contribution >= 4 is 17.6 Å². The molecule has 0 radical (unpaired) electrons. The van der Waals surface area contributed by atoms with E-state index in [-0.39, 0.29) is 11.7 Å². The van der Waals surface area contributed by atoms with Crippen molar-refractivity contribution in [2.45, 2.75) is 39.5 Å². The van der Waals surface area contributed by atoms with Gasteiger partial charge in [0.2, 0.25) is 0 Å². The zero-order valence-corrected chi connectivity index (χ0v) is 13.2. The molecular weight excluding hydrogens is 291 g/mol. The molecule has 0 heterocycles. The molecular formula is C17H22ClFO2. The third-order valence-electron chi connectivity index (χ3n) is 4.81. The number of hydrogen-bond acceptors (Lipinski definition) is 1. The van der Waals surface area contributed by atoms with Crippen molar-refractivity contribution in [3.05, 3.63) is 34.6 Å². The highest BCUT2D eigenvalue weighted by atomic mass is 35.5. The molecule has 1 aliphatic carbocycles. The van der Waals surface area contributed by atoms with Crippen LogP contribution in [0.1, 0.15) is 38.7 Å². The van der Waals surface area contributed by atoms with Gasteiger partial charge >= 0.3 is 5.97 Å². The summed E-state index contributed by atoms with van der Waals surface area (Å²) in [5.74, 6) is -0.504. The van der Waals surface area contributed by atoms with Crippen LogP contribution >= 0.6 is 11.6 Å². The van der Waals surface area contributed by atoms with Crippen LogP contribution < -0.4 is 0 Å². The van der Waals surface area contributed by atoms with Crippen LogP contribution in [0.25, 0.3) is 0 Å². The van der Waals surface area contributed by atoms with Crippen LogP contribution in [0.5, 0.6) is 0 Å². The minimum absolute atomic E-state index is 0.0435. The number of halogens is 2. The molecule has 0 aliphatic heterocycles. The van der Waals surface area contributed by atoms with E-state index in [2.05, 4.69) is 13.8 Å². The molecule has 0 aromatic heterocycles. The Labute approximate surface area is 130 Å². The lowest BCUT2D eigenvalue weighted by Crippen LogP contribution is -2.33. The molecule has 1 N–H and O–H groups in total. The van der Waals surface area contributed by atoms with E-state index < -0.39 is 11.9 Å². The summed E-state index contributed by atoms with van der Waals surface area (Å²) in [5, 5.41) is 9.82. The summed E-state index contributed by atoms with van der Waals surface area (Å²) in [5.41, 5.74) is 0.458. The maximum Gasteiger partial charge on any atom is 0.306 e. The predicted octanol–water partition coefficient (Wildman–Crippen LogP) is 4.79. The second kappa shape index (κ2) is 6.78. The van der Waals surface area contributed by atoms with Gasteiger partial charge < -0.3 is 5.11 Å². The van der Waals surface area contributed by atoms with Gasteiger partial charge in [0.05, 0.1) is 5.92 Å². The fraction of sp³-hybridized carbons (Fsp3) is 0.588. The van der Waals surface area contributed by atoms with E-state index in [1.807, 2.05) is 0 Å². The fourth-order valence-electron chi connectivity index (χ4n) is 3.45. The molecule has 0 saturated heterocycles. The van der Waals surface area contributed by atoms with E-state index in [0.717, 1.165) is 12.8 Å². The number of benzene rings is 1. The Kier molecular flexibility index (Phi) is 5.26. The van der Waals surface area contributed by atoms with Crippen LogP contribution in [0, 0.1) is 29.5 Å². The SMILES string of the molecule is CC(C)C1CCC(C(=O)O)C(Cc2c(F)cccc2Cl)C1. The lowest BCUT2D eigenvalue weighted by molar-refractivity contribution is -0.145. The molecule has 0 bridgehead atoms.